The minimum Gasteiger partial charge on any atom is -0.496 e. The number of ether oxygens (including phenoxy) is 1. The molecule has 2 rings (SSSR count). The molecule has 0 aromatic heterocycles. The Balaban J connectivity index is 1.94. The molecular formula is C15H22N2O2. The summed E-state index contributed by atoms with van der Waals surface area (Å²) in [5.41, 5.74) is 0.614. The number of carbonyl (C=O) groups is 1. The number of likely N-dealkylation sites (tertiary alicyclic amines) is 1. The summed E-state index contributed by atoms with van der Waals surface area (Å²) in [6.07, 6.45) is 2.05. The van der Waals surface area contributed by atoms with E-state index in [-0.39, 0.29) is 11.9 Å². The Kier molecular flexibility index (Phi) is 4.80. The van der Waals surface area contributed by atoms with E-state index in [1.807, 2.05) is 18.2 Å². The third kappa shape index (κ3) is 3.47. The fourth-order valence-corrected chi connectivity index (χ4v) is 2.49. The van der Waals surface area contributed by atoms with E-state index in [2.05, 4.69) is 17.1 Å². The van der Waals surface area contributed by atoms with Crippen molar-refractivity contribution in [3.63, 3.8) is 0 Å². The lowest BCUT2D eigenvalue weighted by Crippen LogP contribution is -2.44. The maximum Gasteiger partial charge on any atom is 0.255 e. The maximum absolute atomic E-state index is 12.2. The van der Waals surface area contributed by atoms with E-state index < -0.39 is 0 Å². The Morgan fingerprint density at radius 3 is 2.68 bits per heavy atom. The number of para-hydroxylation sites is 1. The van der Waals surface area contributed by atoms with Crippen molar-refractivity contribution in [2.75, 3.05) is 26.7 Å². The van der Waals surface area contributed by atoms with Crippen LogP contribution in [0.25, 0.3) is 0 Å². The molecule has 1 heterocycles. The van der Waals surface area contributed by atoms with Crippen LogP contribution in [0.1, 0.15) is 30.1 Å². The molecule has 0 aliphatic carbocycles. The van der Waals surface area contributed by atoms with Crippen LogP contribution in [0.15, 0.2) is 24.3 Å². The van der Waals surface area contributed by atoms with Crippen molar-refractivity contribution in [1.29, 1.82) is 0 Å². The van der Waals surface area contributed by atoms with Crippen LogP contribution in [0, 0.1) is 0 Å². The molecule has 1 saturated heterocycles. The van der Waals surface area contributed by atoms with Gasteiger partial charge in [-0.1, -0.05) is 19.1 Å². The number of piperidine rings is 1. The van der Waals surface area contributed by atoms with E-state index in [1.54, 1.807) is 13.2 Å². The maximum atomic E-state index is 12.2. The Labute approximate surface area is 114 Å². The van der Waals surface area contributed by atoms with E-state index in [0.717, 1.165) is 32.5 Å². The third-order valence-electron chi connectivity index (χ3n) is 3.72. The summed E-state index contributed by atoms with van der Waals surface area (Å²) < 4.78 is 5.22. The predicted octanol–water partition coefficient (Wildman–Crippen LogP) is 1.91. The standard InChI is InChI=1S/C15H22N2O2/c1-3-17-10-8-12(9-11-17)16-15(18)13-6-4-5-7-14(13)19-2/h4-7,12H,3,8-11H2,1-2H3,(H,16,18). The van der Waals surface area contributed by atoms with Crippen LogP contribution in [0.5, 0.6) is 5.75 Å². The number of nitrogens with zero attached hydrogens (tertiary/aromatic N) is 1. The molecule has 1 N–H and O–H groups in total. The Morgan fingerprint density at radius 1 is 1.37 bits per heavy atom. The molecule has 0 saturated carbocycles. The minimum atomic E-state index is -0.0348. The van der Waals surface area contributed by atoms with Gasteiger partial charge in [-0.2, -0.15) is 0 Å². The van der Waals surface area contributed by atoms with Gasteiger partial charge in [0, 0.05) is 19.1 Å². The topological polar surface area (TPSA) is 41.6 Å². The van der Waals surface area contributed by atoms with Crippen molar-refractivity contribution in [1.82, 2.24) is 10.2 Å². The monoisotopic (exact) mass is 262 g/mol. The lowest BCUT2D eigenvalue weighted by Gasteiger charge is -2.31. The van der Waals surface area contributed by atoms with Crippen molar-refractivity contribution in [2.45, 2.75) is 25.8 Å². The van der Waals surface area contributed by atoms with Gasteiger partial charge in [-0.15, -0.1) is 0 Å². The third-order valence-corrected chi connectivity index (χ3v) is 3.72. The lowest BCUT2D eigenvalue weighted by atomic mass is 10.0. The van der Waals surface area contributed by atoms with Gasteiger partial charge in [0.05, 0.1) is 12.7 Å². The minimum absolute atomic E-state index is 0.0348. The lowest BCUT2D eigenvalue weighted by molar-refractivity contribution is 0.0909. The van der Waals surface area contributed by atoms with Gasteiger partial charge in [0.15, 0.2) is 0 Å². The van der Waals surface area contributed by atoms with Crippen molar-refractivity contribution in [3.05, 3.63) is 29.8 Å². The van der Waals surface area contributed by atoms with Gasteiger partial charge in [0.2, 0.25) is 0 Å². The van der Waals surface area contributed by atoms with Crippen LogP contribution in [-0.4, -0.2) is 43.6 Å². The molecule has 4 nitrogen and oxygen atoms in total. The van der Waals surface area contributed by atoms with E-state index in [9.17, 15) is 4.79 Å². The zero-order valence-electron chi connectivity index (χ0n) is 11.7. The van der Waals surface area contributed by atoms with Crippen LogP contribution in [-0.2, 0) is 0 Å². The molecule has 1 aliphatic heterocycles. The highest BCUT2D eigenvalue weighted by Crippen LogP contribution is 2.18. The van der Waals surface area contributed by atoms with Gasteiger partial charge in [0.1, 0.15) is 5.75 Å². The highest BCUT2D eigenvalue weighted by Gasteiger charge is 2.21. The SMILES string of the molecule is CCN1CCC(NC(=O)c2ccccc2OC)CC1. The Bertz CT molecular complexity index is 426. The molecular weight excluding hydrogens is 240 g/mol. The first kappa shape index (κ1) is 13.9. The Morgan fingerprint density at radius 2 is 2.05 bits per heavy atom. The molecule has 104 valence electrons. The highest BCUT2D eigenvalue weighted by molar-refractivity contribution is 5.97. The molecule has 0 radical (unpaired) electrons. The summed E-state index contributed by atoms with van der Waals surface area (Å²) in [5, 5.41) is 3.11. The second-order valence-electron chi connectivity index (χ2n) is 4.88. The van der Waals surface area contributed by atoms with Gasteiger partial charge in [-0.05, 0) is 31.5 Å². The van der Waals surface area contributed by atoms with Crippen LogP contribution in [0.2, 0.25) is 0 Å². The van der Waals surface area contributed by atoms with Crippen LogP contribution < -0.4 is 10.1 Å². The summed E-state index contributed by atoms with van der Waals surface area (Å²) >= 11 is 0. The second-order valence-corrected chi connectivity index (χ2v) is 4.88. The Hall–Kier alpha value is -1.55. The predicted molar refractivity (Wildman–Crippen MR) is 75.6 cm³/mol. The molecule has 4 heteroatoms. The largest absolute Gasteiger partial charge is 0.496 e. The van der Waals surface area contributed by atoms with E-state index in [0.29, 0.717) is 11.3 Å². The number of methoxy groups -OCH3 is 1. The number of hydrogen-bond donors (Lipinski definition) is 1. The number of nitrogens with one attached hydrogen (secondary N) is 1. The molecule has 0 atom stereocenters. The zero-order chi connectivity index (χ0) is 13.7. The summed E-state index contributed by atoms with van der Waals surface area (Å²) in [5.74, 6) is 0.596. The van der Waals surface area contributed by atoms with E-state index in [1.165, 1.54) is 0 Å². The second kappa shape index (κ2) is 6.57. The number of carbonyl (C=O) groups excluding carboxylic acids is 1. The van der Waals surface area contributed by atoms with Crippen molar-refractivity contribution < 1.29 is 9.53 Å². The first-order chi connectivity index (χ1) is 9.24. The van der Waals surface area contributed by atoms with Crippen molar-refractivity contribution in [3.8, 4) is 5.75 Å². The van der Waals surface area contributed by atoms with Gasteiger partial charge in [0.25, 0.3) is 5.91 Å². The van der Waals surface area contributed by atoms with Crippen LogP contribution in [0.3, 0.4) is 0 Å². The quantitative estimate of drug-likeness (QED) is 0.901. The molecule has 0 spiro atoms. The molecule has 1 fully saturated rings. The zero-order valence-corrected chi connectivity index (χ0v) is 11.7. The van der Waals surface area contributed by atoms with Crippen molar-refractivity contribution >= 4 is 5.91 Å². The molecule has 1 aromatic carbocycles. The average Bonchev–Trinajstić information content (AvgIpc) is 2.48. The fraction of sp³-hybridized carbons (Fsp3) is 0.533. The molecule has 1 aliphatic rings. The molecule has 0 bridgehead atoms. The summed E-state index contributed by atoms with van der Waals surface area (Å²) in [7, 11) is 1.59. The van der Waals surface area contributed by atoms with Crippen molar-refractivity contribution in [2.24, 2.45) is 0 Å². The number of benzene rings is 1. The first-order valence-electron chi connectivity index (χ1n) is 6.90. The van der Waals surface area contributed by atoms with Gasteiger partial charge >= 0.3 is 0 Å². The fourth-order valence-electron chi connectivity index (χ4n) is 2.49. The van der Waals surface area contributed by atoms with Gasteiger partial charge < -0.3 is 15.0 Å². The number of amides is 1. The van der Waals surface area contributed by atoms with Crippen LogP contribution >= 0.6 is 0 Å². The smallest absolute Gasteiger partial charge is 0.255 e. The first-order valence-corrected chi connectivity index (χ1v) is 6.90. The van der Waals surface area contributed by atoms with E-state index in [4.69, 9.17) is 4.74 Å². The summed E-state index contributed by atoms with van der Waals surface area (Å²) in [6, 6.07) is 7.62. The molecule has 0 unspecified atom stereocenters. The number of hydrogen-bond acceptors (Lipinski definition) is 3. The molecule has 19 heavy (non-hydrogen) atoms. The molecule has 1 amide bonds. The normalized spacial score (nSPS) is 17.2. The van der Waals surface area contributed by atoms with Gasteiger partial charge in [-0.25, -0.2) is 0 Å². The number of rotatable bonds is 4. The van der Waals surface area contributed by atoms with Gasteiger partial charge in [-0.3, -0.25) is 4.79 Å². The summed E-state index contributed by atoms with van der Waals surface area (Å²) in [6.45, 7) is 5.39. The summed E-state index contributed by atoms with van der Waals surface area (Å²) in [4.78, 5) is 14.6. The highest BCUT2D eigenvalue weighted by atomic mass is 16.5. The van der Waals surface area contributed by atoms with Crippen LogP contribution in [0.4, 0.5) is 0 Å². The average molecular weight is 262 g/mol. The van der Waals surface area contributed by atoms with E-state index >= 15 is 0 Å². The molecule has 1 aromatic rings.